The lowest BCUT2D eigenvalue weighted by atomic mass is 10.2. The number of carbonyl (C=O) groups is 2. The molecule has 0 heterocycles. The molecule has 3 rings (SSSR count). The fourth-order valence-corrected chi connectivity index (χ4v) is 2.78. The van der Waals surface area contributed by atoms with Crippen molar-refractivity contribution in [1.82, 2.24) is 5.43 Å². The van der Waals surface area contributed by atoms with Crippen LogP contribution < -0.4 is 20.2 Å². The highest BCUT2D eigenvalue weighted by Gasteiger charge is 2.06. The van der Waals surface area contributed by atoms with Gasteiger partial charge in [-0.3, -0.25) is 9.59 Å². The monoisotopic (exact) mass is 429 g/mol. The first-order valence-corrected chi connectivity index (χ1v) is 9.78. The number of nitrogens with zero attached hydrogens (tertiary/aromatic N) is 1. The minimum atomic E-state index is -0.379. The van der Waals surface area contributed by atoms with E-state index in [1.807, 2.05) is 30.3 Å². The van der Waals surface area contributed by atoms with Crippen LogP contribution in [-0.2, 0) is 4.79 Å². The second-order valence-corrected chi connectivity index (χ2v) is 6.62. The fourth-order valence-electron chi connectivity index (χ4n) is 2.78. The highest BCUT2D eigenvalue weighted by atomic mass is 16.5. The molecule has 0 saturated carbocycles. The Bertz CT molecular complexity index is 1120. The molecule has 0 aliphatic carbocycles. The van der Waals surface area contributed by atoms with Crippen molar-refractivity contribution < 1.29 is 19.1 Å². The fraction of sp³-hybridized carbons (Fsp3) is 0.0800. The van der Waals surface area contributed by atoms with Gasteiger partial charge < -0.3 is 14.8 Å². The number of nitrogens with one attached hydrogen (secondary N) is 2. The van der Waals surface area contributed by atoms with Crippen LogP contribution in [-0.4, -0.2) is 32.2 Å². The molecule has 162 valence electrons. The summed E-state index contributed by atoms with van der Waals surface area (Å²) in [7, 11) is 3.11. The topological polar surface area (TPSA) is 89.0 Å². The summed E-state index contributed by atoms with van der Waals surface area (Å²) in [6.45, 7) is 0. The van der Waals surface area contributed by atoms with Crippen LogP contribution >= 0.6 is 0 Å². The van der Waals surface area contributed by atoms with E-state index in [1.165, 1.54) is 12.3 Å². The van der Waals surface area contributed by atoms with Gasteiger partial charge in [-0.15, -0.1) is 0 Å². The van der Waals surface area contributed by atoms with Gasteiger partial charge >= 0.3 is 0 Å². The van der Waals surface area contributed by atoms with Crippen LogP contribution in [0.25, 0.3) is 6.08 Å². The minimum absolute atomic E-state index is 0.260. The normalized spacial score (nSPS) is 10.8. The summed E-state index contributed by atoms with van der Waals surface area (Å²) in [4.78, 5) is 24.4. The highest BCUT2D eigenvalue weighted by molar-refractivity contribution is 6.02. The molecule has 2 amide bonds. The van der Waals surface area contributed by atoms with Crippen LogP contribution in [0.2, 0.25) is 0 Å². The van der Waals surface area contributed by atoms with E-state index < -0.39 is 0 Å². The van der Waals surface area contributed by atoms with E-state index in [2.05, 4.69) is 15.8 Å². The maximum absolute atomic E-state index is 12.3. The minimum Gasteiger partial charge on any atom is -0.497 e. The van der Waals surface area contributed by atoms with Crippen molar-refractivity contribution in [1.29, 1.82) is 0 Å². The third kappa shape index (κ3) is 6.30. The standard InChI is InChI=1S/C25H23N3O4/c1-31-22-14-11-20(23(16-22)32-2)17-26-28-25(30)19-9-12-21(13-10-19)27-24(29)15-8-18-6-4-3-5-7-18/h3-17H,1-2H3,(H,27,29)(H,28,30)/b15-8+,26-17-. The zero-order valence-electron chi connectivity index (χ0n) is 17.7. The van der Waals surface area contributed by atoms with Gasteiger partial charge in [0.15, 0.2) is 0 Å². The molecule has 0 aromatic heterocycles. The molecule has 0 unspecified atom stereocenters. The third-order valence-electron chi connectivity index (χ3n) is 4.45. The molecule has 3 aromatic carbocycles. The second kappa shape index (κ2) is 11.1. The van der Waals surface area contributed by atoms with Crippen LogP contribution in [0.4, 0.5) is 5.69 Å². The number of ether oxygens (including phenoxy) is 2. The maximum Gasteiger partial charge on any atom is 0.271 e. The predicted molar refractivity (Wildman–Crippen MR) is 125 cm³/mol. The molecule has 7 nitrogen and oxygen atoms in total. The van der Waals surface area contributed by atoms with E-state index in [1.54, 1.807) is 62.8 Å². The first-order valence-electron chi connectivity index (χ1n) is 9.78. The number of carbonyl (C=O) groups excluding carboxylic acids is 2. The molecule has 3 aromatic rings. The molecule has 0 radical (unpaired) electrons. The van der Waals surface area contributed by atoms with Gasteiger partial charge in [0.1, 0.15) is 11.5 Å². The van der Waals surface area contributed by atoms with Gasteiger partial charge in [0, 0.05) is 29.0 Å². The maximum atomic E-state index is 12.3. The van der Waals surface area contributed by atoms with Crippen molar-refractivity contribution in [3.05, 3.63) is 95.6 Å². The molecule has 0 fully saturated rings. The number of hydrazone groups is 1. The Morgan fingerprint density at radius 1 is 0.906 bits per heavy atom. The molecule has 0 aliphatic rings. The van der Waals surface area contributed by atoms with Crippen molar-refractivity contribution in [2.75, 3.05) is 19.5 Å². The number of amides is 2. The van der Waals surface area contributed by atoms with Crippen LogP contribution in [0, 0.1) is 0 Å². The van der Waals surface area contributed by atoms with E-state index in [9.17, 15) is 9.59 Å². The van der Waals surface area contributed by atoms with E-state index in [4.69, 9.17) is 9.47 Å². The summed E-state index contributed by atoms with van der Waals surface area (Å²) in [5, 5.41) is 6.74. The summed E-state index contributed by atoms with van der Waals surface area (Å²) in [6.07, 6.45) is 4.68. The Kier molecular flexibility index (Phi) is 7.75. The number of anilines is 1. The van der Waals surface area contributed by atoms with Crippen molar-refractivity contribution in [2.45, 2.75) is 0 Å². The molecule has 0 aliphatic heterocycles. The van der Waals surface area contributed by atoms with Crippen LogP contribution in [0.15, 0.2) is 84.0 Å². The molecular weight excluding hydrogens is 406 g/mol. The molecule has 7 heteroatoms. The Morgan fingerprint density at radius 2 is 1.66 bits per heavy atom. The van der Waals surface area contributed by atoms with Crippen LogP contribution in [0.1, 0.15) is 21.5 Å². The molecule has 32 heavy (non-hydrogen) atoms. The lowest BCUT2D eigenvalue weighted by Gasteiger charge is -2.07. The molecule has 0 bridgehead atoms. The zero-order valence-corrected chi connectivity index (χ0v) is 17.7. The number of rotatable bonds is 8. The van der Waals surface area contributed by atoms with E-state index in [0.29, 0.717) is 28.3 Å². The van der Waals surface area contributed by atoms with Gasteiger partial charge in [0.25, 0.3) is 5.91 Å². The third-order valence-corrected chi connectivity index (χ3v) is 4.45. The van der Waals surface area contributed by atoms with Gasteiger partial charge in [-0.05, 0) is 48.0 Å². The van der Waals surface area contributed by atoms with E-state index in [-0.39, 0.29) is 11.8 Å². The highest BCUT2D eigenvalue weighted by Crippen LogP contribution is 2.23. The Hall–Kier alpha value is -4.39. The van der Waals surface area contributed by atoms with Gasteiger partial charge in [0.2, 0.25) is 5.91 Å². The molecule has 0 saturated heterocycles. The van der Waals surface area contributed by atoms with Crippen LogP contribution in [0.3, 0.4) is 0 Å². The van der Waals surface area contributed by atoms with Crippen molar-refractivity contribution in [2.24, 2.45) is 5.10 Å². The van der Waals surface area contributed by atoms with Crippen molar-refractivity contribution >= 4 is 29.8 Å². The van der Waals surface area contributed by atoms with Crippen molar-refractivity contribution in [3.8, 4) is 11.5 Å². The van der Waals surface area contributed by atoms with Crippen molar-refractivity contribution in [3.63, 3.8) is 0 Å². The number of benzene rings is 3. The predicted octanol–water partition coefficient (Wildman–Crippen LogP) is 4.12. The molecule has 2 N–H and O–H groups in total. The van der Waals surface area contributed by atoms with E-state index in [0.717, 1.165) is 5.56 Å². The average Bonchev–Trinajstić information content (AvgIpc) is 2.84. The van der Waals surface area contributed by atoms with Gasteiger partial charge in [-0.1, -0.05) is 30.3 Å². The number of methoxy groups -OCH3 is 2. The lowest BCUT2D eigenvalue weighted by Crippen LogP contribution is -2.17. The Balaban J connectivity index is 1.55. The first kappa shape index (κ1) is 22.3. The number of hydrogen-bond donors (Lipinski definition) is 2. The summed E-state index contributed by atoms with van der Waals surface area (Å²) in [5.74, 6) is 0.592. The largest absolute Gasteiger partial charge is 0.497 e. The lowest BCUT2D eigenvalue weighted by molar-refractivity contribution is -0.111. The quantitative estimate of drug-likeness (QED) is 0.320. The van der Waals surface area contributed by atoms with Gasteiger partial charge in [-0.25, -0.2) is 5.43 Å². The SMILES string of the molecule is COc1ccc(/C=N\NC(=O)c2ccc(NC(=O)/C=C/c3ccccc3)cc2)c(OC)c1. The second-order valence-electron chi connectivity index (χ2n) is 6.62. The molecule has 0 spiro atoms. The summed E-state index contributed by atoms with van der Waals surface area (Å²) in [6, 6.07) is 21.3. The van der Waals surface area contributed by atoms with Gasteiger partial charge in [0.05, 0.1) is 20.4 Å². The Labute approximate surface area is 186 Å². The van der Waals surface area contributed by atoms with Crippen LogP contribution in [0.5, 0.6) is 11.5 Å². The average molecular weight is 429 g/mol. The summed E-state index contributed by atoms with van der Waals surface area (Å²) in [5.41, 5.74) is 5.08. The summed E-state index contributed by atoms with van der Waals surface area (Å²) < 4.78 is 10.4. The van der Waals surface area contributed by atoms with E-state index >= 15 is 0 Å². The van der Waals surface area contributed by atoms with Gasteiger partial charge in [-0.2, -0.15) is 5.10 Å². The first-order chi connectivity index (χ1) is 15.6. The Morgan fingerprint density at radius 3 is 2.34 bits per heavy atom. The number of hydrogen-bond acceptors (Lipinski definition) is 5. The molecular formula is C25H23N3O4. The zero-order chi connectivity index (χ0) is 22.8. The summed E-state index contributed by atoms with van der Waals surface area (Å²) >= 11 is 0. The molecule has 0 atom stereocenters. The smallest absolute Gasteiger partial charge is 0.271 e.